The predicted octanol–water partition coefficient (Wildman–Crippen LogP) is 3.33. The number of methoxy groups -OCH3 is 2. The number of hydrogen-bond donors (Lipinski definition) is 1. The first-order valence-corrected chi connectivity index (χ1v) is 8.63. The molecule has 1 fully saturated rings. The Morgan fingerprint density at radius 2 is 1.82 bits per heavy atom. The fraction of sp³-hybridized carbons (Fsp3) is 0.150. The second kappa shape index (κ2) is 7.74. The molecule has 0 bridgehead atoms. The third kappa shape index (κ3) is 3.44. The Morgan fingerprint density at radius 3 is 2.50 bits per heavy atom. The van der Waals surface area contributed by atoms with Crippen LogP contribution in [0.5, 0.6) is 11.5 Å². The number of hydrogen-bond acceptors (Lipinski definition) is 5. The second-order valence-electron chi connectivity index (χ2n) is 5.95. The van der Waals surface area contributed by atoms with Crippen molar-refractivity contribution in [1.82, 2.24) is 5.32 Å². The summed E-state index contributed by atoms with van der Waals surface area (Å²) in [7, 11) is 2.97. The Bertz CT molecular complexity index is 1020. The van der Waals surface area contributed by atoms with E-state index < -0.39 is 17.8 Å². The molecule has 1 saturated heterocycles. The van der Waals surface area contributed by atoms with Crippen LogP contribution in [-0.4, -0.2) is 32.1 Å². The van der Waals surface area contributed by atoms with Crippen LogP contribution < -0.4 is 19.7 Å². The number of halogens is 1. The molecule has 0 saturated carbocycles. The molecule has 28 heavy (non-hydrogen) atoms. The largest absolute Gasteiger partial charge is 0.497 e. The molecule has 2 aromatic carbocycles. The van der Waals surface area contributed by atoms with Crippen LogP contribution in [0.15, 0.2) is 42.0 Å². The zero-order chi connectivity index (χ0) is 20.4. The molecule has 0 aromatic heterocycles. The summed E-state index contributed by atoms with van der Waals surface area (Å²) >= 11 is 6.11. The third-order valence-electron chi connectivity index (χ3n) is 4.32. The molecule has 144 valence electrons. The van der Waals surface area contributed by atoms with Gasteiger partial charge in [-0.3, -0.25) is 14.9 Å². The maximum Gasteiger partial charge on any atom is 0.335 e. The van der Waals surface area contributed by atoms with Crippen LogP contribution in [0.25, 0.3) is 6.08 Å². The van der Waals surface area contributed by atoms with Crippen LogP contribution in [0.3, 0.4) is 0 Å². The number of barbiturate groups is 1. The summed E-state index contributed by atoms with van der Waals surface area (Å²) in [6.07, 6.45) is 1.36. The molecule has 7 nitrogen and oxygen atoms in total. The van der Waals surface area contributed by atoms with E-state index in [4.69, 9.17) is 21.1 Å². The highest BCUT2D eigenvalue weighted by molar-refractivity contribution is 6.40. The van der Waals surface area contributed by atoms with Crippen molar-refractivity contribution in [3.05, 3.63) is 58.1 Å². The zero-order valence-corrected chi connectivity index (χ0v) is 16.2. The van der Waals surface area contributed by atoms with Gasteiger partial charge in [0.15, 0.2) is 0 Å². The lowest BCUT2D eigenvalue weighted by atomic mass is 10.0. The Morgan fingerprint density at radius 1 is 1.07 bits per heavy atom. The number of imide groups is 2. The predicted molar refractivity (Wildman–Crippen MR) is 105 cm³/mol. The van der Waals surface area contributed by atoms with Gasteiger partial charge in [-0.2, -0.15) is 0 Å². The number of anilines is 1. The normalized spacial score (nSPS) is 15.6. The third-order valence-corrected chi connectivity index (χ3v) is 4.73. The molecule has 4 amide bonds. The molecular formula is C20H17ClN2O5. The zero-order valence-electron chi connectivity index (χ0n) is 15.4. The van der Waals surface area contributed by atoms with Gasteiger partial charge >= 0.3 is 6.03 Å². The van der Waals surface area contributed by atoms with Gasteiger partial charge in [0.1, 0.15) is 17.1 Å². The van der Waals surface area contributed by atoms with Gasteiger partial charge in [-0.1, -0.05) is 17.7 Å². The number of benzene rings is 2. The van der Waals surface area contributed by atoms with Crippen molar-refractivity contribution in [2.75, 3.05) is 19.1 Å². The van der Waals surface area contributed by atoms with Gasteiger partial charge in [0.05, 0.1) is 19.9 Å². The number of rotatable bonds is 4. The summed E-state index contributed by atoms with van der Waals surface area (Å²) in [5.41, 5.74) is 1.08. The molecule has 0 spiro atoms. The van der Waals surface area contributed by atoms with E-state index in [1.54, 1.807) is 43.3 Å². The van der Waals surface area contributed by atoms with E-state index in [1.807, 2.05) is 0 Å². The van der Waals surface area contributed by atoms with Crippen LogP contribution in [0, 0.1) is 6.92 Å². The van der Waals surface area contributed by atoms with Crippen LogP contribution in [0.4, 0.5) is 10.5 Å². The topological polar surface area (TPSA) is 84.9 Å². The van der Waals surface area contributed by atoms with Crippen molar-refractivity contribution in [2.24, 2.45) is 0 Å². The Kier molecular flexibility index (Phi) is 5.37. The monoisotopic (exact) mass is 400 g/mol. The number of carbonyl (C=O) groups is 3. The summed E-state index contributed by atoms with van der Waals surface area (Å²) in [5.74, 6) is -0.592. The molecule has 1 heterocycles. The SMILES string of the molecule is COc1ccc(OC)c(/C=C2\C(=O)NC(=O)N(c3cccc(Cl)c3C)C2=O)c1. The van der Waals surface area contributed by atoms with Gasteiger partial charge in [0.25, 0.3) is 11.8 Å². The van der Waals surface area contributed by atoms with Gasteiger partial charge in [0.2, 0.25) is 0 Å². The summed E-state index contributed by atoms with van der Waals surface area (Å²) in [6, 6.07) is 8.98. The van der Waals surface area contributed by atoms with Crippen molar-refractivity contribution in [3.8, 4) is 11.5 Å². The fourth-order valence-corrected chi connectivity index (χ4v) is 2.99. The van der Waals surface area contributed by atoms with Crippen molar-refractivity contribution in [3.63, 3.8) is 0 Å². The lowest BCUT2D eigenvalue weighted by Gasteiger charge is -2.27. The highest BCUT2D eigenvalue weighted by Gasteiger charge is 2.37. The molecule has 1 aliphatic heterocycles. The van der Waals surface area contributed by atoms with Crippen LogP contribution >= 0.6 is 11.6 Å². The summed E-state index contributed by atoms with van der Waals surface area (Å²) in [5, 5.41) is 2.58. The molecule has 0 aliphatic carbocycles. The maximum absolute atomic E-state index is 13.0. The molecule has 8 heteroatoms. The lowest BCUT2D eigenvalue weighted by Crippen LogP contribution is -2.54. The lowest BCUT2D eigenvalue weighted by molar-refractivity contribution is -0.122. The van der Waals surface area contributed by atoms with E-state index in [0.717, 1.165) is 4.90 Å². The van der Waals surface area contributed by atoms with E-state index in [2.05, 4.69) is 5.32 Å². The molecule has 1 aliphatic rings. The molecule has 0 radical (unpaired) electrons. The number of nitrogens with one attached hydrogen (secondary N) is 1. The number of urea groups is 1. The number of nitrogens with zero attached hydrogens (tertiary/aromatic N) is 1. The quantitative estimate of drug-likeness (QED) is 0.628. The molecule has 0 atom stereocenters. The van der Waals surface area contributed by atoms with E-state index in [0.29, 0.717) is 33.3 Å². The Labute approximate surface area is 166 Å². The summed E-state index contributed by atoms with van der Waals surface area (Å²) in [6.45, 7) is 1.68. The highest BCUT2D eigenvalue weighted by Crippen LogP contribution is 2.31. The standard InChI is InChI=1S/C20H17ClN2O5/c1-11-15(21)5-4-6-16(11)23-19(25)14(18(24)22-20(23)26)10-12-9-13(27-2)7-8-17(12)28-3/h4-10H,1-3H3,(H,22,24,26)/b14-10+. The molecular weight excluding hydrogens is 384 g/mol. The Balaban J connectivity index is 2.11. The minimum Gasteiger partial charge on any atom is -0.497 e. The smallest absolute Gasteiger partial charge is 0.335 e. The highest BCUT2D eigenvalue weighted by atomic mass is 35.5. The van der Waals surface area contributed by atoms with Gasteiger partial charge < -0.3 is 9.47 Å². The average Bonchev–Trinajstić information content (AvgIpc) is 2.68. The summed E-state index contributed by atoms with van der Waals surface area (Å²) in [4.78, 5) is 38.6. The van der Waals surface area contributed by atoms with Gasteiger partial charge in [-0.15, -0.1) is 0 Å². The number of carbonyl (C=O) groups excluding carboxylic acids is 3. The molecule has 3 rings (SSSR count). The van der Waals surface area contributed by atoms with E-state index in [1.165, 1.54) is 20.3 Å². The van der Waals surface area contributed by atoms with Gasteiger partial charge in [-0.05, 0) is 48.9 Å². The van der Waals surface area contributed by atoms with Crippen molar-refractivity contribution >= 4 is 41.2 Å². The fourth-order valence-electron chi connectivity index (χ4n) is 2.82. The number of ether oxygens (including phenoxy) is 2. The first-order chi connectivity index (χ1) is 13.4. The van der Waals surface area contributed by atoms with Crippen molar-refractivity contribution in [2.45, 2.75) is 6.92 Å². The van der Waals surface area contributed by atoms with Gasteiger partial charge in [-0.25, -0.2) is 9.69 Å². The molecule has 1 N–H and O–H groups in total. The van der Waals surface area contributed by atoms with Crippen molar-refractivity contribution < 1.29 is 23.9 Å². The van der Waals surface area contributed by atoms with E-state index in [-0.39, 0.29) is 5.57 Å². The Hall–Kier alpha value is -3.32. The van der Waals surface area contributed by atoms with E-state index >= 15 is 0 Å². The van der Waals surface area contributed by atoms with Crippen LogP contribution in [0.1, 0.15) is 11.1 Å². The molecule has 0 unspecified atom stereocenters. The minimum absolute atomic E-state index is 0.217. The minimum atomic E-state index is -0.838. The van der Waals surface area contributed by atoms with Crippen LogP contribution in [0.2, 0.25) is 5.02 Å². The van der Waals surface area contributed by atoms with Crippen LogP contribution in [-0.2, 0) is 9.59 Å². The first-order valence-electron chi connectivity index (χ1n) is 8.26. The van der Waals surface area contributed by atoms with E-state index in [9.17, 15) is 14.4 Å². The maximum atomic E-state index is 13.0. The van der Waals surface area contributed by atoms with Gasteiger partial charge in [0, 0.05) is 10.6 Å². The first kappa shape index (κ1) is 19.4. The second-order valence-corrected chi connectivity index (χ2v) is 6.36. The summed E-state index contributed by atoms with van der Waals surface area (Å²) < 4.78 is 10.5. The molecule has 2 aromatic rings. The van der Waals surface area contributed by atoms with Crippen molar-refractivity contribution in [1.29, 1.82) is 0 Å². The number of amides is 4. The average molecular weight is 401 g/mol.